The van der Waals surface area contributed by atoms with Crippen LogP contribution in [0, 0.1) is 0 Å². The predicted octanol–water partition coefficient (Wildman–Crippen LogP) is 2.50. The van der Waals surface area contributed by atoms with E-state index in [-0.39, 0.29) is 18.1 Å². The molecular formula is C16H16ClN3O3. The number of halogens is 1. The van der Waals surface area contributed by atoms with Gasteiger partial charge in [0, 0.05) is 16.9 Å². The van der Waals surface area contributed by atoms with Gasteiger partial charge in [-0.15, -0.1) is 0 Å². The monoisotopic (exact) mass is 333 g/mol. The zero-order valence-electron chi connectivity index (χ0n) is 12.5. The highest BCUT2D eigenvalue weighted by molar-refractivity contribution is 6.30. The summed E-state index contributed by atoms with van der Waals surface area (Å²) in [5.41, 5.74) is 0.778. The molecule has 1 heterocycles. The van der Waals surface area contributed by atoms with E-state index in [2.05, 4.69) is 15.6 Å². The number of nitrogens with one attached hydrogen (secondary N) is 2. The summed E-state index contributed by atoms with van der Waals surface area (Å²) in [5, 5.41) is 5.56. The third-order valence-electron chi connectivity index (χ3n) is 2.81. The molecule has 23 heavy (non-hydrogen) atoms. The van der Waals surface area contributed by atoms with E-state index in [0.29, 0.717) is 17.3 Å². The van der Waals surface area contributed by atoms with Crippen molar-refractivity contribution in [3.05, 3.63) is 53.3 Å². The molecule has 2 N–H and O–H groups in total. The number of aromatic nitrogens is 1. The van der Waals surface area contributed by atoms with Crippen molar-refractivity contribution in [2.75, 3.05) is 18.5 Å². The highest BCUT2D eigenvalue weighted by atomic mass is 35.5. The molecule has 6 nitrogen and oxygen atoms in total. The van der Waals surface area contributed by atoms with Gasteiger partial charge in [0.2, 0.25) is 5.91 Å². The lowest BCUT2D eigenvalue weighted by Crippen LogP contribution is -2.33. The molecule has 1 aromatic carbocycles. The number of pyridine rings is 1. The molecule has 0 saturated heterocycles. The van der Waals surface area contributed by atoms with Crippen molar-refractivity contribution in [2.45, 2.75) is 6.92 Å². The summed E-state index contributed by atoms with van der Waals surface area (Å²) in [4.78, 5) is 27.6. The van der Waals surface area contributed by atoms with Crippen LogP contribution < -0.4 is 15.4 Å². The maximum atomic E-state index is 11.8. The first-order chi connectivity index (χ1) is 11.1. The SMILES string of the molecule is CCOc1ccc(NC(=O)CNC(=O)c2cc(Cl)ccn2)cc1. The van der Waals surface area contributed by atoms with Gasteiger partial charge in [0.15, 0.2) is 0 Å². The van der Waals surface area contributed by atoms with Crippen molar-refractivity contribution < 1.29 is 14.3 Å². The predicted molar refractivity (Wildman–Crippen MR) is 87.8 cm³/mol. The lowest BCUT2D eigenvalue weighted by molar-refractivity contribution is -0.115. The second kappa shape index (κ2) is 8.14. The molecule has 2 aromatic rings. The minimum Gasteiger partial charge on any atom is -0.494 e. The Morgan fingerprint density at radius 3 is 2.61 bits per heavy atom. The van der Waals surface area contributed by atoms with Crippen LogP contribution in [0.4, 0.5) is 5.69 Å². The van der Waals surface area contributed by atoms with Crippen LogP contribution in [0.25, 0.3) is 0 Å². The van der Waals surface area contributed by atoms with Crippen molar-refractivity contribution >= 4 is 29.1 Å². The van der Waals surface area contributed by atoms with Crippen LogP contribution >= 0.6 is 11.6 Å². The number of amides is 2. The molecule has 0 saturated carbocycles. The molecule has 0 aliphatic carbocycles. The van der Waals surface area contributed by atoms with Crippen LogP contribution in [0.1, 0.15) is 17.4 Å². The molecule has 0 unspecified atom stereocenters. The largest absolute Gasteiger partial charge is 0.494 e. The van der Waals surface area contributed by atoms with E-state index >= 15 is 0 Å². The summed E-state index contributed by atoms with van der Waals surface area (Å²) in [7, 11) is 0. The Labute approximate surface area is 138 Å². The molecule has 0 radical (unpaired) electrons. The Morgan fingerprint density at radius 2 is 1.96 bits per heavy atom. The third-order valence-corrected chi connectivity index (χ3v) is 3.05. The fraction of sp³-hybridized carbons (Fsp3) is 0.188. The number of rotatable bonds is 6. The Balaban J connectivity index is 1.84. The first-order valence-corrected chi connectivity index (χ1v) is 7.38. The number of hydrogen-bond acceptors (Lipinski definition) is 4. The molecule has 0 atom stereocenters. The van der Waals surface area contributed by atoms with Gasteiger partial charge in [-0.25, -0.2) is 0 Å². The molecular weight excluding hydrogens is 318 g/mol. The van der Waals surface area contributed by atoms with Gasteiger partial charge in [0.05, 0.1) is 13.2 Å². The van der Waals surface area contributed by atoms with Crippen molar-refractivity contribution in [1.29, 1.82) is 0 Å². The van der Waals surface area contributed by atoms with E-state index in [1.165, 1.54) is 12.3 Å². The Hall–Kier alpha value is -2.60. The average Bonchev–Trinajstić information content (AvgIpc) is 2.55. The van der Waals surface area contributed by atoms with Crippen LogP contribution in [0.15, 0.2) is 42.6 Å². The molecule has 2 amide bonds. The minimum absolute atomic E-state index is 0.159. The number of carbonyl (C=O) groups excluding carboxylic acids is 2. The van der Waals surface area contributed by atoms with Crippen LogP contribution in [0.3, 0.4) is 0 Å². The van der Waals surface area contributed by atoms with Gasteiger partial charge in [0.1, 0.15) is 11.4 Å². The van der Waals surface area contributed by atoms with Gasteiger partial charge < -0.3 is 15.4 Å². The van der Waals surface area contributed by atoms with Crippen molar-refractivity contribution in [3.63, 3.8) is 0 Å². The van der Waals surface area contributed by atoms with Gasteiger partial charge in [-0.3, -0.25) is 14.6 Å². The van der Waals surface area contributed by atoms with E-state index in [1.807, 2.05) is 6.92 Å². The summed E-state index contributed by atoms with van der Waals surface area (Å²) >= 11 is 5.78. The van der Waals surface area contributed by atoms with Crippen LogP contribution in [-0.2, 0) is 4.79 Å². The average molecular weight is 334 g/mol. The standard InChI is InChI=1S/C16H16ClN3O3/c1-2-23-13-5-3-12(4-6-13)20-15(21)10-19-16(22)14-9-11(17)7-8-18-14/h3-9H,2,10H2,1H3,(H,19,22)(H,20,21). The van der Waals surface area contributed by atoms with Gasteiger partial charge in [0.25, 0.3) is 5.91 Å². The third kappa shape index (κ3) is 5.27. The van der Waals surface area contributed by atoms with Crippen molar-refractivity contribution in [1.82, 2.24) is 10.3 Å². The second-order valence-electron chi connectivity index (χ2n) is 4.55. The Kier molecular flexibility index (Phi) is 5.94. The van der Waals surface area contributed by atoms with E-state index in [1.54, 1.807) is 30.3 Å². The Bertz CT molecular complexity index is 689. The van der Waals surface area contributed by atoms with E-state index in [0.717, 1.165) is 5.75 Å². The van der Waals surface area contributed by atoms with E-state index in [4.69, 9.17) is 16.3 Å². The van der Waals surface area contributed by atoms with Gasteiger partial charge in [-0.2, -0.15) is 0 Å². The normalized spacial score (nSPS) is 10.0. The second-order valence-corrected chi connectivity index (χ2v) is 4.98. The van der Waals surface area contributed by atoms with Crippen molar-refractivity contribution in [3.8, 4) is 5.75 Å². The van der Waals surface area contributed by atoms with Gasteiger partial charge in [-0.1, -0.05) is 11.6 Å². The van der Waals surface area contributed by atoms with Crippen molar-refractivity contribution in [2.24, 2.45) is 0 Å². The quantitative estimate of drug-likeness (QED) is 0.851. The number of carbonyl (C=O) groups is 2. The summed E-state index contributed by atoms with van der Waals surface area (Å²) < 4.78 is 5.32. The maximum absolute atomic E-state index is 11.8. The molecule has 0 fully saturated rings. The molecule has 0 aliphatic heterocycles. The summed E-state index contributed by atoms with van der Waals surface area (Å²) in [6.07, 6.45) is 1.43. The number of nitrogens with zero attached hydrogens (tertiary/aromatic N) is 1. The molecule has 0 aliphatic rings. The topological polar surface area (TPSA) is 80.3 Å². The summed E-state index contributed by atoms with van der Waals surface area (Å²) in [6, 6.07) is 9.96. The number of benzene rings is 1. The number of anilines is 1. The summed E-state index contributed by atoms with van der Waals surface area (Å²) in [5.74, 6) is -0.0790. The Morgan fingerprint density at radius 1 is 1.22 bits per heavy atom. The number of hydrogen-bond donors (Lipinski definition) is 2. The highest BCUT2D eigenvalue weighted by Gasteiger charge is 2.10. The molecule has 120 valence electrons. The fourth-order valence-electron chi connectivity index (χ4n) is 1.79. The molecule has 2 rings (SSSR count). The molecule has 1 aromatic heterocycles. The fourth-order valence-corrected chi connectivity index (χ4v) is 1.95. The van der Waals surface area contributed by atoms with E-state index in [9.17, 15) is 9.59 Å². The van der Waals surface area contributed by atoms with E-state index < -0.39 is 5.91 Å². The zero-order valence-corrected chi connectivity index (χ0v) is 13.3. The van der Waals surface area contributed by atoms with Crippen LogP contribution in [-0.4, -0.2) is 29.9 Å². The van der Waals surface area contributed by atoms with Gasteiger partial charge in [-0.05, 0) is 43.3 Å². The van der Waals surface area contributed by atoms with Gasteiger partial charge >= 0.3 is 0 Å². The van der Waals surface area contributed by atoms with Crippen LogP contribution in [0.2, 0.25) is 5.02 Å². The molecule has 0 spiro atoms. The maximum Gasteiger partial charge on any atom is 0.270 e. The highest BCUT2D eigenvalue weighted by Crippen LogP contribution is 2.15. The lowest BCUT2D eigenvalue weighted by atomic mass is 10.3. The van der Waals surface area contributed by atoms with Crippen LogP contribution in [0.5, 0.6) is 5.75 Å². The zero-order chi connectivity index (χ0) is 16.7. The lowest BCUT2D eigenvalue weighted by Gasteiger charge is -2.08. The summed E-state index contributed by atoms with van der Waals surface area (Å²) in [6.45, 7) is 2.31. The first-order valence-electron chi connectivity index (χ1n) is 7.01. The molecule has 0 bridgehead atoms. The first kappa shape index (κ1) is 16.8. The number of ether oxygens (including phenoxy) is 1. The minimum atomic E-state index is -0.464. The molecule has 7 heteroatoms. The smallest absolute Gasteiger partial charge is 0.270 e.